The Morgan fingerprint density at radius 1 is 1.05 bits per heavy atom. The fourth-order valence-electron chi connectivity index (χ4n) is 1.28. The van der Waals surface area contributed by atoms with Gasteiger partial charge in [-0.2, -0.15) is 0 Å². The number of ether oxygens (including phenoxy) is 3. The number of carbonyl (C=O) groups excluding carboxylic acids is 1. The minimum absolute atomic E-state index is 0.221. The van der Waals surface area contributed by atoms with Crippen molar-refractivity contribution in [2.24, 2.45) is 0 Å². The minimum atomic E-state index is -0.442. The zero-order valence-corrected chi connectivity index (χ0v) is 10.8. The molecule has 0 spiro atoms. The summed E-state index contributed by atoms with van der Waals surface area (Å²) in [7, 11) is 0. The molecule has 0 N–H and O–H groups in total. The molecule has 0 unspecified atom stereocenters. The molecule has 0 bridgehead atoms. The molecule has 0 radical (unpaired) electrons. The predicted octanol–water partition coefficient (Wildman–Crippen LogP) is 2.45. The standard InChI is InChI=1S/C15H18O4/c1-3-13-5-7-14(8-6-13)18-11-9-17-10-12-19-15(16)4-2/h3-8H,1-2,9-12H2. The van der Waals surface area contributed by atoms with Crippen molar-refractivity contribution in [3.8, 4) is 5.75 Å². The highest BCUT2D eigenvalue weighted by Crippen LogP contribution is 2.12. The summed E-state index contributed by atoms with van der Waals surface area (Å²) in [5.41, 5.74) is 1.05. The highest BCUT2D eigenvalue weighted by atomic mass is 16.6. The molecule has 0 fully saturated rings. The van der Waals surface area contributed by atoms with Gasteiger partial charge in [-0.25, -0.2) is 4.79 Å². The second kappa shape index (κ2) is 8.94. The molecule has 0 saturated heterocycles. The van der Waals surface area contributed by atoms with Crippen molar-refractivity contribution in [3.63, 3.8) is 0 Å². The van der Waals surface area contributed by atoms with Gasteiger partial charge in [0.05, 0.1) is 13.2 Å². The van der Waals surface area contributed by atoms with Gasteiger partial charge in [-0.1, -0.05) is 31.4 Å². The molecule has 102 valence electrons. The first-order chi connectivity index (χ1) is 9.26. The Labute approximate surface area is 113 Å². The van der Waals surface area contributed by atoms with E-state index < -0.39 is 5.97 Å². The third-order valence-corrected chi connectivity index (χ3v) is 2.25. The van der Waals surface area contributed by atoms with Crippen LogP contribution in [0.2, 0.25) is 0 Å². The normalized spacial score (nSPS) is 9.68. The van der Waals surface area contributed by atoms with E-state index in [9.17, 15) is 4.79 Å². The molecule has 1 rings (SSSR count). The first kappa shape index (κ1) is 15.0. The smallest absolute Gasteiger partial charge is 0.330 e. The van der Waals surface area contributed by atoms with Crippen molar-refractivity contribution < 1.29 is 19.0 Å². The van der Waals surface area contributed by atoms with Crippen LogP contribution in [0.15, 0.2) is 43.5 Å². The lowest BCUT2D eigenvalue weighted by Gasteiger charge is -2.07. The van der Waals surface area contributed by atoms with Crippen molar-refractivity contribution >= 4 is 12.0 Å². The van der Waals surface area contributed by atoms with E-state index >= 15 is 0 Å². The fourth-order valence-corrected chi connectivity index (χ4v) is 1.28. The van der Waals surface area contributed by atoms with Gasteiger partial charge in [-0.3, -0.25) is 0 Å². The van der Waals surface area contributed by atoms with Gasteiger partial charge in [0, 0.05) is 6.08 Å². The summed E-state index contributed by atoms with van der Waals surface area (Å²) >= 11 is 0. The molecule has 4 nitrogen and oxygen atoms in total. The number of hydrogen-bond donors (Lipinski definition) is 0. The van der Waals surface area contributed by atoms with Crippen molar-refractivity contribution in [2.75, 3.05) is 26.4 Å². The molecule has 0 aliphatic rings. The Morgan fingerprint density at radius 3 is 2.37 bits per heavy atom. The molecule has 0 heterocycles. The van der Waals surface area contributed by atoms with Crippen LogP contribution in [0.4, 0.5) is 0 Å². The third-order valence-electron chi connectivity index (χ3n) is 2.25. The zero-order valence-electron chi connectivity index (χ0n) is 10.8. The van der Waals surface area contributed by atoms with Crippen molar-refractivity contribution in [1.29, 1.82) is 0 Å². The molecule has 1 aromatic rings. The number of esters is 1. The van der Waals surface area contributed by atoms with E-state index in [0.717, 1.165) is 17.4 Å². The second-order valence-electron chi connectivity index (χ2n) is 3.61. The largest absolute Gasteiger partial charge is 0.491 e. The Bertz CT molecular complexity index is 409. The highest BCUT2D eigenvalue weighted by Gasteiger charge is 1.96. The van der Waals surface area contributed by atoms with E-state index in [4.69, 9.17) is 14.2 Å². The van der Waals surface area contributed by atoms with Gasteiger partial charge in [0.2, 0.25) is 0 Å². The van der Waals surface area contributed by atoms with E-state index in [-0.39, 0.29) is 6.61 Å². The van der Waals surface area contributed by atoms with Crippen LogP contribution in [-0.4, -0.2) is 32.4 Å². The molecular formula is C15H18O4. The molecule has 0 aliphatic heterocycles. The van der Waals surface area contributed by atoms with Crippen LogP contribution in [0.25, 0.3) is 6.08 Å². The molecule has 0 saturated carbocycles. The van der Waals surface area contributed by atoms with Crippen LogP contribution in [0.1, 0.15) is 5.56 Å². The van der Waals surface area contributed by atoms with Gasteiger partial charge in [-0.15, -0.1) is 0 Å². The van der Waals surface area contributed by atoms with Gasteiger partial charge in [0.15, 0.2) is 0 Å². The number of hydrogen-bond acceptors (Lipinski definition) is 4. The van der Waals surface area contributed by atoms with E-state index in [1.54, 1.807) is 6.08 Å². The van der Waals surface area contributed by atoms with Crippen LogP contribution in [0.5, 0.6) is 5.75 Å². The maximum absolute atomic E-state index is 10.7. The average Bonchev–Trinajstić information content (AvgIpc) is 2.46. The summed E-state index contributed by atoms with van der Waals surface area (Å²) in [5, 5.41) is 0. The monoisotopic (exact) mass is 262 g/mol. The summed E-state index contributed by atoms with van der Waals surface area (Å²) < 4.78 is 15.5. The molecule has 0 atom stereocenters. The maximum Gasteiger partial charge on any atom is 0.330 e. The average molecular weight is 262 g/mol. The SMILES string of the molecule is C=CC(=O)OCCOCCOc1ccc(C=C)cc1. The molecule has 0 amide bonds. The Hall–Kier alpha value is -2.07. The van der Waals surface area contributed by atoms with Crippen molar-refractivity contribution in [2.45, 2.75) is 0 Å². The molecular weight excluding hydrogens is 244 g/mol. The van der Waals surface area contributed by atoms with Gasteiger partial charge in [0.1, 0.15) is 19.0 Å². The molecule has 0 aromatic heterocycles. The molecule has 1 aromatic carbocycles. The lowest BCUT2D eigenvalue weighted by atomic mass is 10.2. The summed E-state index contributed by atoms with van der Waals surface area (Å²) in [6, 6.07) is 7.61. The van der Waals surface area contributed by atoms with Crippen molar-refractivity contribution in [1.82, 2.24) is 0 Å². The van der Waals surface area contributed by atoms with Gasteiger partial charge < -0.3 is 14.2 Å². The lowest BCUT2D eigenvalue weighted by Crippen LogP contribution is -2.12. The van der Waals surface area contributed by atoms with Crippen LogP contribution in [0, 0.1) is 0 Å². The fraction of sp³-hybridized carbons (Fsp3) is 0.267. The number of rotatable bonds is 9. The second-order valence-corrected chi connectivity index (χ2v) is 3.61. The van der Waals surface area contributed by atoms with Crippen molar-refractivity contribution in [3.05, 3.63) is 49.1 Å². The highest BCUT2D eigenvalue weighted by molar-refractivity contribution is 5.81. The number of carbonyl (C=O) groups is 1. The predicted molar refractivity (Wildman–Crippen MR) is 74.0 cm³/mol. The molecule has 19 heavy (non-hydrogen) atoms. The molecule has 0 aliphatic carbocycles. The van der Waals surface area contributed by atoms with E-state index in [2.05, 4.69) is 13.2 Å². The van der Waals surface area contributed by atoms with Crippen LogP contribution >= 0.6 is 0 Å². The van der Waals surface area contributed by atoms with Gasteiger partial charge >= 0.3 is 5.97 Å². The van der Waals surface area contributed by atoms with Crippen LogP contribution in [0.3, 0.4) is 0 Å². The lowest BCUT2D eigenvalue weighted by molar-refractivity contribution is -0.139. The zero-order chi connectivity index (χ0) is 13.9. The Kier molecular flexibility index (Phi) is 7.05. The van der Waals surface area contributed by atoms with Crippen LogP contribution < -0.4 is 4.74 Å². The minimum Gasteiger partial charge on any atom is -0.491 e. The van der Waals surface area contributed by atoms with E-state index in [1.165, 1.54) is 0 Å². The van der Waals surface area contributed by atoms with E-state index in [1.807, 2.05) is 24.3 Å². The van der Waals surface area contributed by atoms with Gasteiger partial charge in [-0.05, 0) is 17.7 Å². The third kappa shape index (κ3) is 6.43. The van der Waals surface area contributed by atoms with E-state index in [0.29, 0.717) is 19.8 Å². The quantitative estimate of drug-likeness (QED) is 0.389. The van der Waals surface area contributed by atoms with Crippen LogP contribution in [-0.2, 0) is 14.3 Å². The summed E-state index contributed by atoms with van der Waals surface area (Å²) in [4.78, 5) is 10.7. The first-order valence-electron chi connectivity index (χ1n) is 5.98. The summed E-state index contributed by atoms with van der Waals surface area (Å²) in [6.45, 7) is 8.43. The first-order valence-corrected chi connectivity index (χ1v) is 5.98. The maximum atomic E-state index is 10.7. The summed E-state index contributed by atoms with van der Waals surface area (Å²) in [5.74, 6) is 0.342. The topological polar surface area (TPSA) is 44.8 Å². The number of benzene rings is 1. The van der Waals surface area contributed by atoms with Gasteiger partial charge in [0.25, 0.3) is 0 Å². The molecule has 4 heteroatoms. The Morgan fingerprint density at radius 2 is 1.74 bits per heavy atom. The summed E-state index contributed by atoms with van der Waals surface area (Å²) in [6.07, 6.45) is 2.90. The Balaban J connectivity index is 2.05.